The molecule has 2 aromatic carbocycles. The van der Waals surface area contributed by atoms with Crippen LogP contribution < -0.4 is 10.5 Å². The highest BCUT2D eigenvalue weighted by atomic mass is 19.1. The van der Waals surface area contributed by atoms with Crippen molar-refractivity contribution >= 4 is 11.6 Å². The number of primary amides is 1. The molecule has 1 aromatic heterocycles. The van der Waals surface area contributed by atoms with E-state index in [4.69, 9.17) is 15.0 Å². The molecule has 9 nitrogen and oxygen atoms in total. The van der Waals surface area contributed by atoms with E-state index in [-0.39, 0.29) is 24.0 Å². The van der Waals surface area contributed by atoms with Crippen molar-refractivity contribution in [2.24, 2.45) is 5.73 Å². The van der Waals surface area contributed by atoms with Crippen molar-refractivity contribution in [1.29, 1.82) is 0 Å². The number of benzene rings is 2. The van der Waals surface area contributed by atoms with E-state index in [2.05, 4.69) is 10.1 Å². The first-order chi connectivity index (χ1) is 12.9. The molecule has 0 aliphatic carbocycles. The number of aromatic nitrogens is 2. The minimum atomic E-state index is -1.28. The number of rotatable bonds is 6. The molecule has 0 atom stereocenters. The molecule has 138 valence electrons. The molecule has 0 saturated heterocycles. The van der Waals surface area contributed by atoms with E-state index in [1.54, 1.807) is 6.07 Å². The lowest BCUT2D eigenvalue weighted by molar-refractivity contribution is -0.384. The van der Waals surface area contributed by atoms with E-state index < -0.39 is 33.8 Å². The van der Waals surface area contributed by atoms with Crippen molar-refractivity contribution in [2.75, 3.05) is 0 Å². The smallest absolute Gasteiger partial charge is 0.270 e. The van der Waals surface area contributed by atoms with E-state index in [0.29, 0.717) is 5.56 Å². The predicted molar refractivity (Wildman–Crippen MR) is 85.6 cm³/mol. The average Bonchev–Trinajstić information content (AvgIpc) is 3.10. The Hall–Kier alpha value is -3.89. The highest BCUT2D eigenvalue weighted by molar-refractivity contribution is 5.93. The van der Waals surface area contributed by atoms with Crippen molar-refractivity contribution in [1.82, 2.24) is 10.1 Å². The molecule has 1 heterocycles. The highest BCUT2D eigenvalue weighted by Gasteiger charge is 2.20. The predicted octanol–water partition coefficient (Wildman–Crippen LogP) is 2.60. The van der Waals surface area contributed by atoms with Crippen LogP contribution in [0, 0.1) is 21.7 Å². The number of nitro groups is 1. The summed E-state index contributed by atoms with van der Waals surface area (Å²) >= 11 is 0. The van der Waals surface area contributed by atoms with Crippen LogP contribution in [0.4, 0.5) is 14.5 Å². The zero-order valence-electron chi connectivity index (χ0n) is 13.4. The van der Waals surface area contributed by atoms with Gasteiger partial charge in [-0.25, -0.2) is 8.78 Å². The summed E-state index contributed by atoms with van der Waals surface area (Å²) in [7, 11) is 0. The molecule has 0 fully saturated rings. The van der Waals surface area contributed by atoms with Crippen LogP contribution in [0.15, 0.2) is 40.9 Å². The number of nitro benzene ring substituents is 1. The van der Waals surface area contributed by atoms with Crippen molar-refractivity contribution in [3.8, 4) is 17.1 Å². The largest absolute Gasteiger partial charge is 0.481 e. The topological polar surface area (TPSA) is 134 Å². The molecule has 11 heteroatoms. The third-order valence-electron chi connectivity index (χ3n) is 3.44. The lowest BCUT2D eigenvalue weighted by Crippen LogP contribution is -2.16. The van der Waals surface area contributed by atoms with Crippen LogP contribution >= 0.6 is 0 Å². The molecule has 0 aliphatic heterocycles. The molecule has 1 amide bonds. The quantitative estimate of drug-likeness (QED) is 0.516. The fourth-order valence-electron chi connectivity index (χ4n) is 2.20. The van der Waals surface area contributed by atoms with E-state index >= 15 is 0 Å². The molecule has 3 rings (SSSR count). The van der Waals surface area contributed by atoms with Gasteiger partial charge in [0.2, 0.25) is 5.82 Å². The molecule has 27 heavy (non-hydrogen) atoms. The molecule has 3 aromatic rings. The number of ether oxygens (including phenoxy) is 1. The molecule has 0 spiro atoms. The lowest BCUT2D eigenvalue weighted by Gasteiger charge is -2.07. The maximum atomic E-state index is 14.1. The standard InChI is InChI=1S/C16H10F2N4O5/c17-10-4-5-11(14(18)13(10)15(19)23)26-7-12-20-16(21-27-12)8-2-1-3-9(6-8)22(24)25/h1-6H,7H2,(H2,19,23). The maximum absolute atomic E-state index is 14.1. The summed E-state index contributed by atoms with van der Waals surface area (Å²) < 4.78 is 37.6. The second kappa shape index (κ2) is 7.15. The van der Waals surface area contributed by atoms with E-state index in [0.717, 1.165) is 12.1 Å². The molecule has 0 aliphatic rings. The van der Waals surface area contributed by atoms with Crippen LogP contribution in [0.2, 0.25) is 0 Å². The summed E-state index contributed by atoms with van der Waals surface area (Å²) in [4.78, 5) is 25.3. The van der Waals surface area contributed by atoms with Gasteiger partial charge in [-0.1, -0.05) is 17.3 Å². The fraction of sp³-hybridized carbons (Fsp3) is 0.0625. The fourth-order valence-corrected chi connectivity index (χ4v) is 2.20. The van der Waals surface area contributed by atoms with Gasteiger partial charge in [0.25, 0.3) is 17.5 Å². The molecule has 0 bridgehead atoms. The number of non-ortho nitro benzene ring substituents is 1. The number of halogens is 2. The van der Waals surface area contributed by atoms with Crippen molar-refractivity contribution in [3.05, 3.63) is 69.6 Å². The molecular weight excluding hydrogens is 366 g/mol. The van der Waals surface area contributed by atoms with Gasteiger partial charge < -0.3 is 15.0 Å². The van der Waals surface area contributed by atoms with Gasteiger partial charge in [-0.15, -0.1) is 0 Å². The number of hydrogen-bond acceptors (Lipinski definition) is 7. The van der Waals surface area contributed by atoms with Crippen LogP contribution in [0.5, 0.6) is 5.75 Å². The summed E-state index contributed by atoms with van der Waals surface area (Å²) in [5.41, 5.74) is 4.19. The number of carbonyl (C=O) groups is 1. The van der Waals surface area contributed by atoms with Crippen molar-refractivity contribution in [3.63, 3.8) is 0 Å². The minimum Gasteiger partial charge on any atom is -0.481 e. The summed E-state index contributed by atoms with van der Waals surface area (Å²) in [5, 5.41) is 14.5. The van der Waals surface area contributed by atoms with Gasteiger partial charge in [0, 0.05) is 17.7 Å². The van der Waals surface area contributed by atoms with E-state index in [1.165, 1.54) is 18.2 Å². The second-order valence-corrected chi connectivity index (χ2v) is 5.21. The van der Waals surface area contributed by atoms with Gasteiger partial charge in [0.15, 0.2) is 18.2 Å². The summed E-state index contributed by atoms with van der Waals surface area (Å²) in [6.45, 7) is -0.386. The van der Waals surface area contributed by atoms with Crippen LogP contribution in [0.3, 0.4) is 0 Å². The second-order valence-electron chi connectivity index (χ2n) is 5.21. The molecule has 0 radical (unpaired) electrons. The first-order valence-corrected chi connectivity index (χ1v) is 7.35. The Balaban J connectivity index is 1.78. The van der Waals surface area contributed by atoms with Crippen molar-refractivity contribution < 1.29 is 27.8 Å². The summed E-state index contributed by atoms with van der Waals surface area (Å²) in [6.07, 6.45) is 0. The Morgan fingerprint density at radius 2 is 2.07 bits per heavy atom. The number of carbonyl (C=O) groups excluding carboxylic acids is 1. The monoisotopic (exact) mass is 376 g/mol. The van der Waals surface area contributed by atoms with E-state index in [1.807, 2.05) is 0 Å². The normalized spacial score (nSPS) is 10.6. The Morgan fingerprint density at radius 1 is 1.30 bits per heavy atom. The van der Waals surface area contributed by atoms with Gasteiger partial charge in [-0.2, -0.15) is 4.98 Å². The molecule has 0 unspecified atom stereocenters. The number of hydrogen-bond donors (Lipinski definition) is 1. The zero-order valence-corrected chi connectivity index (χ0v) is 13.4. The Bertz CT molecular complexity index is 1040. The molecule has 0 saturated carbocycles. The minimum absolute atomic E-state index is 0.0645. The average molecular weight is 376 g/mol. The third-order valence-corrected chi connectivity index (χ3v) is 3.44. The zero-order chi connectivity index (χ0) is 19.6. The summed E-state index contributed by atoms with van der Waals surface area (Å²) in [5.74, 6) is -4.07. The van der Waals surface area contributed by atoms with Gasteiger partial charge in [0.05, 0.1) is 4.92 Å². The highest BCUT2D eigenvalue weighted by Crippen LogP contribution is 2.25. The van der Waals surface area contributed by atoms with Crippen LogP contribution in [0.1, 0.15) is 16.2 Å². The molecular formula is C16H10F2N4O5. The van der Waals surface area contributed by atoms with Gasteiger partial charge in [-0.05, 0) is 12.1 Å². The Morgan fingerprint density at radius 3 is 2.78 bits per heavy atom. The summed E-state index contributed by atoms with van der Waals surface area (Å²) in [6, 6.07) is 7.38. The van der Waals surface area contributed by atoms with Crippen molar-refractivity contribution in [2.45, 2.75) is 6.61 Å². The Labute approximate surface area is 149 Å². The SMILES string of the molecule is NC(=O)c1c(F)ccc(OCc2nc(-c3cccc([N+](=O)[O-])c3)no2)c1F. The van der Waals surface area contributed by atoms with Crippen LogP contribution in [-0.2, 0) is 6.61 Å². The first kappa shape index (κ1) is 17.9. The maximum Gasteiger partial charge on any atom is 0.270 e. The van der Waals surface area contributed by atoms with Crippen LogP contribution in [0.25, 0.3) is 11.4 Å². The van der Waals surface area contributed by atoms with Crippen LogP contribution in [-0.4, -0.2) is 21.0 Å². The lowest BCUT2D eigenvalue weighted by atomic mass is 10.1. The number of nitrogens with two attached hydrogens (primary N) is 1. The van der Waals surface area contributed by atoms with Gasteiger partial charge in [-0.3, -0.25) is 14.9 Å². The first-order valence-electron chi connectivity index (χ1n) is 7.35. The van der Waals surface area contributed by atoms with Gasteiger partial charge in [0.1, 0.15) is 11.4 Å². The number of nitrogens with zero attached hydrogens (tertiary/aromatic N) is 3. The van der Waals surface area contributed by atoms with E-state index in [9.17, 15) is 23.7 Å². The Kier molecular flexibility index (Phi) is 4.75. The third kappa shape index (κ3) is 3.71. The number of amides is 1. The van der Waals surface area contributed by atoms with Gasteiger partial charge >= 0.3 is 0 Å². The molecule has 2 N–H and O–H groups in total.